The first kappa shape index (κ1) is 21.7. The molecule has 1 amide bonds. The molecule has 6 nitrogen and oxygen atoms in total. The van der Waals surface area contributed by atoms with Crippen LogP contribution in [-0.2, 0) is 17.9 Å². The summed E-state index contributed by atoms with van der Waals surface area (Å²) in [5.74, 6) is 1.89. The zero-order valence-corrected chi connectivity index (χ0v) is 17.9. The Balaban J connectivity index is 1.51. The van der Waals surface area contributed by atoms with Crippen LogP contribution in [0.4, 0.5) is 0 Å². The van der Waals surface area contributed by atoms with Crippen molar-refractivity contribution in [1.29, 1.82) is 0 Å². The van der Waals surface area contributed by atoms with E-state index in [4.69, 9.17) is 9.73 Å². The summed E-state index contributed by atoms with van der Waals surface area (Å²) in [5, 5.41) is 6.77. The van der Waals surface area contributed by atoms with E-state index in [-0.39, 0.29) is 11.9 Å². The van der Waals surface area contributed by atoms with Crippen LogP contribution in [0, 0.1) is 0 Å². The average molecular weight is 409 g/mol. The molecule has 160 valence electrons. The fourth-order valence-electron chi connectivity index (χ4n) is 3.44. The van der Waals surface area contributed by atoms with Gasteiger partial charge in [0.15, 0.2) is 5.96 Å². The lowest BCUT2D eigenvalue weighted by atomic mass is 10.1. The van der Waals surface area contributed by atoms with Gasteiger partial charge in [-0.25, -0.2) is 4.99 Å². The predicted molar refractivity (Wildman–Crippen MR) is 120 cm³/mol. The Bertz CT molecular complexity index is 821. The number of rotatable bonds is 8. The Morgan fingerprint density at radius 1 is 1.10 bits per heavy atom. The maximum Gasteiger partial charge on any atom is 0.222 e. The molecule has 1 saturated heterocycles. The number of nitrogens with zero attached hydrogens (tertiary/aromatic N) is 2. The van der Waals surface area contributed by atoms with E-state index in [1.54, 1.807) is 0 Å². The number of amides is 1. The second-order valence-electron chi connectivity index (χ2n) is 7.44. The summed E-state index contributed by atoms with van der Waals surface area (Å²) in [7, 11) is 0. The molecule has 1 unspecified atom stereocenters. The molecule has 0 aromatic heterocycles. The Morgan fingerprint density at radius 3 is 2.53 bits per heavy atom. The third-order valence-corrected chi connectivity index (χ3v) is 5.12. The topological polar surface area (TPSA) is 66.0 Å². The van der Waals surface area contributed by atoms with Crippen molar-refractivity contribution < 1.29 is 9.53 Å². The number of ether oxygens (including phenoxy) is 1. The molecule has 0 saturated carbocycles. The number of hydrogen-bond acceptors (Lipinski definition) is 3. The molecule has 2 aromatic rings. The molecule has 0 radical (unpaired) electrons. The summed E-state index contributed by atoms with van der Waals surface area (Å²) >= 11 is 0. The maximum absolute atomic E-state index is 11.9. The molecule has 0 bridgehead atoms. The van der Waals surface area contributed by atoms with Crippen molar-refractivity contribution in [3.8, 4) is 5.75 Å². The van der Waals surface area contributed by atoms with Gasteiger partial charge in [-0.2, -0.15) is 0 Å². The molecule has 2 aromatic carbocycles. The zero-order valence-electron chi connectivity index (χ0n) is 17.9. The lowest BCUT2D eigenvalue weighted by Crippen LogP contribution is -2.45. The average Bonchev–Trinajstić information content (AvgIpc) is 3.25. The quantitative estimate of drug-likeness (QED) is 0.519. The van der Waals surface area contributed by atoms with E-state index in [0.29, 0.717) is 19.6 Å². The van der Waals surface area contributed by atoms with Gasteiger partial charge in [-0.05, 0) is 36.6 Å². The summed E-state index contributed by atoms with van der Waals surface area (Å²) in [6, 6.07) is 18.4. The van der Waals surface area contributed by atoms with Crippen molar-refractivity contribution in [3.05, 3.63) is 65.7 Å². The minimum Gasteiger partial charge on any atom is -0.489 e. The molecule has 1 fully saturated rings. The monoisotopic (exact) mass is 408 g/mol. The number of para-hydroxylation sites is 1. The molecule has 0 aliphatic carbocycles. The predicted octanol–water partition coefficient (Wildman–Crippen LogP) is 3.33. The van der Waals surface area contributed by atoms with Crippen molar-refractivity contribution in [2.24, 2.45) is 4.99 Å². The molecule has 1 atom stereocenters. The van der Waals surface area contributed by atoms with Gasteiger partial charge < -0.3 is 20.3 Å². The van der Waals surface area contributed by atoms with E-state index >= 15 is 0 Å². The second kappa shape index (κ2) is 11.2. The lowest BCUT2D eigenvalue weighted by Gasteiger charge is -2.18. The summed E-state index contributed by atoms with van der Waals surface area (Å²) in [5.41, 5.74) is 2.27. The number of nitrogens with one attached hydrogen (secondary N) is 2. The van der Waals surface area contributed by atoms with Crippen molar-refractivity contribution >= 4 is 11.9 Å². The third-order valence-electron chi connectivity index (χ3n) is 5.12. The van der Waals surface area contributed by atoms with E-state index in [0.717, 1.165) is 48.9 Å². The highest BCUT2D eigenvalue weighted by atomic mass is 16.5. The minimum absolute atomic E-state index is 0.220. The number of guanidine groups is 1. The van der Waals surface area contributed by atoms with Crippen molar-refractivity contribution in [3.63, 3.8) is 0 Å². The van der Waals surface area contributed by atoms with Gasteiger partial charge in [0.2, 0.25) is 5.91 Å². The van der Waals surface area contributed by atoms with Gasteiger partial charge in [0, 0.05) is 32.1 Å². The number of likely N-dealkylation sites (tertiary alicyclic amines) is 1. The molecule has 1 aliphatic heterocycles. The van der Waals surface area contributed by atoms with Crippen LogP contribution in [0.3, 0.4) is 0 Å². The number of benzene rings is 2. The van der Waals surface area contributed by atoms with Crippen LogP contribution in [0.5, 0.6) is 5.75 Å². The molecular formula is C24H32N4O2. The first-order valence-corrected chi connectivity index (χ1v) is 10.8. The van der Waals surface area contributed by atoms with Gasteiger partial charge in [0.25, 0.3) is 0 Å². The number of aliphatic imine (C=N–C) groups is 1. The molecule has 0 spiro atoms. The second-order valence-corrected chi connectivity index (χ2v) is 7.44. The normalized spacial score (nSPS) is 16.4. The first-order chi connectivity index (χ1) is 14.7. The van der Waals surface area contributed by atoms with Crippen LogP contribution >= 0.6 is 0 Å². The lowest BCUT2D eigenvalue weighted by molar-refractivity contribution is -0.129. The minimum atomic E-state index is 0.220. The molecule has 30 heavy (non-hydrogen) atoms. The van der Waals surface area contributed by atoms with Crippen molar-refractivity contribution in [2.75, 3.05) is 19.6 Å². The third kappa shape index (κ3) is 6.51. The van der Waals surface area contributed by atoms with Gasteiger partial charge >= 0.3 is 0 Å². The van der Waals surface area contributed by atoms with Gasteiger partial charge in [0.05, 0.1) is 6.54 Å². The van der Waals surface area contributed by atoms with Gasteiger partial charge in [-0.1, -0.05) is 49.4 Å². The van der Waals surface area contributed by atoms with Crippen LogP contribution in [-0.4, -0.2) is 42.4 Å². The van der Waals surface area contributed by atoms with E-state index < -0.39 is 0 Å². The fourth-order valence-corrected chi connectivity index (χ4v) is 3.44. The van der Waals surface area contributed by atoms with Crippen LogP contribution in [0.2, 0.25) is 0 Å². The van der Waals surface area contributed by atoms with E-state index in [1.165, 1.54) is 0 Å². The Labute approximate surface area is 179 Å². The van der Waals surface area contributed by atoms with Crippen LogP contribution in [0.15, 0.2) is 59.6 Å². The van der Waals surface area contributed by atoms with Crippen molar-refractivity contribution in [1.82, 2.24) is 15.5 Å². The van der Waals surface area contributed by atoms with Gasteiger partial charge in [-0.15, -0.1) is 0 Å². The molecule has 6 heteroatoms. The molecule has 3 rings (SSSR count). The highest BCUT2D eigenvalue weighted by Crippen LogP contribution is 2.13. The Kier molecular flexibility index (Phi) is 8.12. The largest absolute Gasteiger partial charge is 0.489 e. The molecule has 2 N–H and O–H groups in total. The van der Waals surface area contributed by atoms with Crippen LogP contribution in [0.1, 0.15) is 37.8 Å². The SMILES string of the molecule is CCNC(=NCc1ccc(COc2ccccc2)cc1)NC1CCN(C(=O)CC)C1. The summed E-state index contributed by atoms with van der Waals surface area (Å²) in [6.45, 7) is 7.47. The fraction of sp³-hybridized carbons (Fsp3) is 0.417. The number of carbonyl (C=O) groups is 1. The van der Waals surface area contributed by atoms with Crippen LogP contribution in [0.25, 0.3) is 0 Å². The number of hydrogen-bond donors (Lipinski definition) is 2. The van der Waals surface area contributed by atoms with E-state index in [9.17, 15) is 4.79 Å². The molecule has 1 aliphatic rings. The Hall–Kier alpha value is -3.02. The van der Waals surface area contributed by atoms with Crippen molar-refractivity contribution in [2.45, 2.75) is 45.9 Å². The highest BCUT2D eigenvalue weighted by Gasteiger charge is 2.25. The molecule has 1 heterocycles. The standard InChI is InChI=1S/C24H32N4O2/c1-3-23(29)28-15-14-21(17-28)27-24(25-4-2)26-16-19-10-12-20(13-11-19)18-30-22-8-6-5-7-9-22/h5-13,21H,3-4,14-18H2,1-2H3,(H2,25,26,27). The maximum atomic E-state index is 11.9. The zero-order chi connectivity index (χ0) is 21.2. The van der Waals surface area contributed by atoms with Gasteiger partial charge in [0.1, 0.15) is 12.4 Å². The van der Waals surface area contributed by atoms with Gasteiger partial charge in [-0.3, -0.25) is 4.79 Å². The van der Waals surface area contributed by atoms with Crippen LogP contribution < -0.4 is 15.4 Å². The van der Waals surface area contributed by atoms with E-state index in [1.807, 2.05) is 42.2 Å². The smallest absolute Gasteiger partial charge is 0.222 e. The first-order valence-electron chi connectivity index (χ1n) is 10.8. The summed E-state index contributed by atoms with van der Waals surface area (Å²) in [4.78, 5) is 18.5. The van der Waals surface area contributed by atoms with E-state index in [2.05, 4.69) is 41.8 Å². The summed E-state index contributed by atoms with van der Waals surface area (Å²) < 4.78 is 5.79. The Morgan fingerprint density at radius 2 is 1.83 bits per heavy atom. The molecular weight excluding hydrogens is 376 g/mol. The highest BCUT2D eigenvalue weighted by molar-refractivity contribution is 5.80. The number of carbonyl (C=O) groups excluding carboxylic acids is 1. The summed E-state index contributed by atoms with van der Waals surface area (Å²) in [6.07, 6.45) is 1.51.